The van der Waals surface area contributed by atoms with Crippen molar-refractivity contribution in [3.8, 4) is 0 Å². The molecule has 4 nitrogen and oxygen atoms in total. The van der Waals surface area contributed by atoms with E-state index in [9.17, 15) is 22.4 Å². The summed E-state index contributed by atoms with van der Waals surface area (Å²) in [5.41, 5.74) is 0. The van der Waals surface area contributed by atoms with Gasteiger partial charge in [0.05, 0.1) is 19.3 Å². The molecule has 0 heterocycles. The van der Waals surface area contributed by atoms with Crippen LogP contribution < -0.4 is 5.32 Å². The maximum absolute atomic E-state index is 12.2. The van der Waals surface area contributed by atoms with Crippen LogP contribution in [-0.4, -0.2) is 47.7 Å². The molecule has 0 unspecified atom stereocenters. The number of carbonyl (C=O) groups is 1. The van der Waals surface area contributed by atoms with Crippen LogP contribution in [0.4, 0.5) is 17.6 Å². The average Bonchev–Trinajstić information content (AvgIpc) is 2.13. The fourth-order valence-corrected chi connectivity index (χ4v) is 0.530. The molecule has 0 aliphatic heterocycles. The first kappa shape index (κ1) is 13.1. The second kappa shape index (κ2) is 5.11. The van der Waals surface area contributed by atoms with E-state index in [0.29, 0.717) is 0 Å². The highest BCUT2D eigenvalue weighted by Gasteiger charge is 2.49. The van der Waals surface area contributed by atoms with E-state index in [0.717, 1.165) is 0 Å². The lowest BCUT2D eigenvalue weighted by Gasteiger charge is -2.18. The standard InChI is InChI=1S/C6H9F4NO3/c7-4(8)6(9,10)5(14)11-3(1-12)2-13/h3-4,12-13H,1-2H2,(H,11,14). The van der Waals surface area contributed by atoms with Gasteiger partial charge in [-0.1, -0.05) is 0 Å². The summed E-state index contributed by atoms with van der Waals surface area (Å²) in [6, 6.07) is -1.37. The van der Waals surface area contributed by atoms with E-state index in [1.165, 1.54) is 5.32 Å². The van der Waals surface area contributed by atoms with Gasteiger partial charge >= 0.3 is 12.3 Å². The van der Waals surface area contributed by atoms with Crippen LogP contribution in [0.5, 0.6) is 0 Å². The Bertz CT molecular complexity index is 196. The lowest BCUT2D eigenvalue weighted by atomic mass is 10.2. The smallest absolute Gasteiger partial charge is 0.383 e. The fourth-order valence-electron chi connectivity index (χ4n) is 0.530. The first-order chi connectivity index (χ1) is 6.36. The van der Waals surface area contributed by atoms with Crippen molar-refractivity contribution in [2.45, 2.75) is 18.4 Å². The number of hydrogen-bond acceptors (Lipinski definition) is 3. The summed E-state index contributed by atoms with van der Waals surface area (Å²) in [6.45, 7) is -1.64. The maximum atomic E-state index is 12.2. The molecule has 0 radical (unpaired) electrons. The molecular weight excluding hydrogens is 210 g/mol. The molecule has 3 N–H and O–H groups in total. The van der Waals surface area contributed by atoms with E-state index in [2.05, 4.69) is 0 Å². The summed E-state index contributed by atoms with van der Waals surface area (Å²) in [7, 11) is 0. The van der Waals surface area contributed by atoms with E-state index < -0.39 is 37.5 Å². The highest BCUT2D eigenvalue weighted by molar-refractivity contribution is 5.84. The number of hydrogen-bond donors (Lipinski definition) is 3. The third kappa shape index (κ3) is 3.11. The quantitative estimate of drug-likeness (QED) is 0.538. The molecule has 0 saturated heterocycles. The summed E-state index contributed by atoms with van der Waals surface area (Å²) in [5.74, 6) is -7.04. The monoisotopic (exact) mass is 219 g/mol. The van der Waals surface area contributed by atoms with Crippen molar-refractivity contribution in [2.75, 3.05) is 13.2 Å². The summed E-state index contributed by atoms with van der Waals surface area (Å²) in [4.78, 5) is 10.5. The predicted octanol–water partition coefficient (Wildman–Crippen LogP) is -0.644. The van der Waals surface area contributed by atoms with Crippen LogP contribution >= 0.6 is 0 Å². The second-order valence-corrected chi connectivity index (χ2v) is 2.46. The topological polar surface area (TPSA) is 69.6 Å². The van der Waals surface area contributed by atoms with Crippen molar-refractivity contribution in [3.63, 3.8) is 0 Å². The van der Waals surface area contributed by atoms with Crippen LogP contribution in [0.25, 0.3) is 0 Å². The molecule has 0 aliphatic carbocycles. The first-order valence-electron chi connectivity index (χ1n) is 3.54. The van der Waals surface area contributed by atoms with Crippen LogP contribution in [0.2, 0.25) is 0 Å². The number of aliphatic hydroxyl groups is 2. The minimum atomic E-state index is -4.82. The molecular formula is C6H9F4NO3. The molecule has 0 saturated carbocycles. The Labute approximate surface area is 76.5 Å². The third-order valence-electron chi connectivity index (χ3n) is 1.35. The third-order valence-corrected chi connectivity index (χ3v) is 1.35. The molecule has 1 amide bonds. The lowest BCUT2D eigenvalue weighted by Crippen LogP contribution is -2.51. The van der Waals surface area contributed by atoms with Crippen LogP contribution in [0.3, 0.4) is 0 Å². The molecule has 0 aromatic rings. The molecule has 14 heavy (non-hydrogen) atoms. The Morgan fingerprint density at radius 2 is 1.71 bits per heavy atom. The number of amides is 1. The molecule has 84 valence electrons. The number of nitrogens with one attached hydrogen (secondary N) is 1. The molecule has 0 aromatic heterocycles. The van der Waals surface area contributed by atoms with Gasteiger partial charge < -0.3 is 15.5 Å². The molecule has 0 bridgehead atoms. The number of rotatable bonds is 5. The van der Waals surface area contributed by atoms with Gasteiger partial charge in [0, 0.05) is 0 Å². The van der Waals surface area contributed by atoms with Gasteiger partial charge in [0.25, 0.3) is 5.91 Å². The molecule has 0 aliphatic rings. The zero-order valence-corrected chi connectivity index (χ0v) is 6.88. The molecule has 0 rings (SSSR count). The Balaban J connectivity index is 4.33. The molecule has 8 heteroatoms. The average molecular weight is 219 g/mol. The Kier molecular flexibility index (Phi) is 4.78. The van der Waals surface area contributed by atoms with Crippen LogP contribution in [0.15, 0.2) is 0 Å². The molecule has 0 fully saturated rings. The SMILES string of the molecule is O=C(NC(CO)CO)C(F)(F)C(F)F. The van der Waals surface area contributed by atoms with Crippen molar-refractivity contribution >= 4 is 5.91 Å². The van der Waals surface area contributed by atoms with E-state index in [1.807, 2.05) is 0 Å². The van der Waals surface area contributed by atoms with Crippen LogP contribution in [0.1, 0.15) is 0 Å². The highest BCUT2D eigenvalue weighted by atomic mass is 19.3. The van der Waals surface area contributed by atoms with E-state index >= 15 is 0 Å². The Morgan fingerprint density at radius 1 is 1.29 bits per heavy atom. The van der Waals surface area contributed by atoms with Crippen molar-refractivity contribution in [1.29, 1.82) is 0 Å². The number of carbonyl (C=O) groups excluding carboxylic acids is 1. The predicted molar refractivity (Wildman–Crippen MR) is 37.1 cm³/mol. The van der Waals surface area contributed by atoms with Gasteiger partial charge in [-0.2, -0.15) is 8.78 Å². The zero-order chi connectivity index (χ0) is 11.4. The van der Waals surface area contributed by atoms with Crippen LogP contribution in [0, 0.1) is 0 Å². The highest BCUT2D eigenvalue weighted by Crippen LogP contribution is 2.22. The summed E-state index contributed by atoms with van der Waals surface area (Å²) in [6.07, 6.45) is -4.12. The molecule has 0 aromatic carbocycles. The van der Waals surface area contributed by atoms with E-state index in [1.54, 1.807) is 0 Å². The van der Waals surface area contributed by atoms with Crippen molar-refractivity contribution < 1.29 is 32.6 Å². The van der Waals surface area contributed by atoms with Crippen LogP contribution in [-0.2, 0) is 4.79 Å². The molecule has 0 atom stereocenters. The van der Waals surface area contributed by atoms with Gasteiger partial charge in [-0.3, -0.25) is 4.79 Å². The largest absolute Gasteiger partial charge is 0.394 e. The van der Waals surface area contributed by atoms with Gasteiger partial charge in [0.1, 0.15) is 0 Å². The number of aliphatic hydroxyl groups excluding tert-OH is 2. The van der Waals surface area contributed by atoms with E-state index in [-0.39, 0.29) is 0 Å². The summed E-state index contributed by atoms with van der Waals surface area (Å²) < 4.78 is 47.7. The first-order valence-corrected chi connectivity index (χ1v) is 3.54. The van der Waals surface area contributed by atoms with Crippen molar-refractivity contribution in [3.05, 3.63) is 0 Å². The Hall–Kier alpha value is -0.890. The normalized spacial score (nSPS) is 12.3. The number of halogens is 4. The van der Waals surface area contributed by atoms with Gasteiger partial charge in [-0.15, -0.1) is 0 Å². The minimum Gasteiger partial charge on any atom is -0.394 e. The van der Waals surface area contributed by atoms with Gasteiger partial charge in [-0.25, -0.2) is 8.78 Å². The van der Waals surface area contributed by atoms with Crippen molar-refractivity contribution in [2.24, 2.45) is 0 Å². The minimum absolute atomic E-state index is 0.818. The fraction of sp³-hybridized carbons (Fsp3) is 0.833. The number of alkyl halides is 4. The Morgan fingerprint density at radius 3 is 2.00 bits per heavy atom. The lowest BCUT2D eigenvalue weighted by molar-refractivity contribution is -0.170. The summed E-state index contributed by atoms with van der Waals surface area (Å²) >= 11 is 0. The zero-order valence-electron chi connectivity index (χ0n) is 6.88. The maximum Gasteiger partial charge on any atom is 0.383 e. The van der Waals surface area contributed by atoms with Crippen molar-refractivity contribution in [1.82, 2.24) is 5.32 Å². The summed E-state index contributed by atoms with van der Waals surface area (Å²) in [5, 5.41) is 18.1. The second-order valence-electron chi connectivity index (χ2n) is 2.46. The molecule has 0 spiro atoms. The van der Waals surface area contributed by atoms with Gasteiger partial charge in [0.15, 0.2) is 0 Å². The van der Waals surface area contributed by atoms with Gasteiger partial charge in [-0.05, 0) is 0 Å². The van der Waals surface area contributed by atoms with E-state index in [4.69, 9.17) is 10.2 Å². The van der Waals surface area contributed by atoms with Gasteiger partial charge in [0.2, 0.25) is 0 Å².